The molecule has 0 spiro atoms. The number of aromatic hydroxyl groups is 1. The number of hydrogen-bond acceptors (Lipinski definition) is 11. The number of carbonyl (C=O) groups is 3. The van der Waals surface area contributed by atoms with Gasteiger partial charge in [-0.05, 0) is 62.7 Å². The molecule has 12 heteroatoms. The van der Waals surface area contributed by atoms with E-state index in [-0.39, 0.29) is 29.7 Å². The van der Waals surface area contributed by atoms with Gasteiger partial charge in [-0.15, -0.1) is 0 Å². The molecular formula is C30H33N3O9. The quantitative estimate of drug-likeness (QED) is 0.319. The summed E-state index contributed by atoms with van der Waals surface area (Å²) < 4.78 is 11.6. The number of morpholine rings is 1. The van der Waals surface area contributed by atoms with Gasteiger partial charge in [-0.3, -0.25) is 24.2 Å². The number of ketones is 2. The summed E-state index contributed by atoms with van der Waals surface area (Å²) in [5, 5.41) is 45.0. The van der Waals surface area contributed by atoms with E-state index in [0.29, 0.717) is 36.6 Å². The molecule has 2 aromatic rings. The lowest BCUT2D eigenvalue weighted by atomic mass is 9.57. The molecule has 0 unspecified atom stereocenters. The van der Waals surface area contributed by atoms with Crippen LogP contribution in [0, 0.1) is 11.8 Å². The van der Waals surface area contributed by atoms with Gasteiger partial charge in [0.05, 0.1) is 31.4 Å². The van der Waals surface area contributed by atoms with Crippen molar-refractivity contribution in [2.75, 3.05) is 40.4 Å². The molecule has 6 rings (SSSR count). The van der Waals surface area contributed by atoms with Crippen LogP contribution in [0.3, 0.4) is 0 Å². The third kappa shape index (κ3) is 4.09. The van der Waals surface area contributed by atoms with Crippen LogP contribution in [0.1, 0.15) is 23.3 Å². The number of ether oxygens (including phenoxy) is 1. The van der Waals surface area contributed by atoms with Crippen LogP contribution in [0.5, 0.6) is 5.75 Å². The van der Waals surface area contributed by atoms with Crippen molar-refractivity contribution in [1.29, 1.82) is 0 Å². The van der Waals surface area contributed by atoms with Gasteiger partial charge < -0.3 is 35.3 Å². The minimum Gasteiger partial charge on any atom is -0.508 e. The lowest BCUT2D eigenvalue weighted by molar-refractivity contribution is -0.153. The first-order chi connectivity index (χ1) is 19.9. The zero-order valence-corrected chi connectivity index (χ0v) is 23.3. The second-order valence-electron chi connectivity index (χ2n) is 11.6. The first-order valence-corrected chi connectivity index (χ1v) is 13.8. The van der Waals surface area contributed by atoms with Gasteiger partial charge in [0.2, 0.25) is 5.78 Å². The largest absolute Gasteiger partial charge is 0.508 e. The summed E-state index contributed by atoms with van der Waals surface area (Å²) >= 11 is 0. The number of aliphatic hydroxyl groups is 3. The monoisotopic (exact) mass is 579 g/mol. The molecule has 3 aliphatic carbocycles. The Morgan fingerprint density at radius 2 is 1.83 bits per heavy atom. The normalized spacial score (nSPS) is 28.1. The number of fused-ring (bicyclic) bond motifs is 3. The summed E-state index contributed by atoms with van der Waals surface area (Å²) in [5.74, 6) is -5.57. The molecule has 6 N–H and O–H groups in total. The number of phenolic OH excluding ortho intramolecular Hbond substituents is 1. The topological polar surface area (TPSA) is 187 Å². The summed E-state index contributed by atoms with van der Waals surface area (Å²) in [6.45, 7) is 3.48. The van der Waals surface area contributed by atoms with E-state index >= 15 is 0 Å². The Balaban J connectivity index is 1.44. The van der Waals surface area contributed by atoms with Crippen LogP contribution >= 0.6 is 0 Å². The van der Waals surface area contributed by atoms with E-state index < -0.39 is 58.0 Å². The smallest absolute Gasteiger partial charge is 0.255 e. The molecule has 2 heterocycles. The van der Waals surface area contributed by atoms with Crippen molar-refractivity contribution in [3.8, 4) is 17.1 Å². The van der Waals surface area contributed by atoms with Gasteiger partial charge in [0.25, 0.3) is 5.91 Å². The highest BCUT2D eigenvalue weighted by Crippen LogP contribution is 2.53. The van der Waals surface area contributed by atoms with Crippen molar-refractivity contribution in [3.05, 3.63) is 58.1 Å². The summed E-state index contributed by atoms with van der Waals surface area (Å²) in [4.78, 5) is 43.1. The van der Waals surface area contributed by atoms with Crippen LogP contribution in [-0.2, 0) is 32.1 Å². The fourth-order valence-corrected chi connectivity index (χ4v) is 7.06. The predicted octanol–water partition coefficient (Wildman–Crippen LogP) is 1.06. The zero-order chi connectivity index (χ0) is 30.1. The third-order valence-electron chi connectivity index (χ3n) is 9.01. The van der Waals surface area contributed by atoms with Crippen molar-refractivity contribution >= 4 is 23.2 Å². The third-order valence-corrected chi connectivity index (χ3v) is 9.01. The fraction of sp³-hybridized carbons (Fsp3) is 0.433. The number of primary amides is 1. The van der Waals surface area contributed by atoms with Crippen LogP contribution in [0.2, 0.25) is 0 Å². The molecule has 222 valence electrons. The van der Waals surface area contributed by atoms with E-state index in [1.54, 1.807) is 20.2 Å². The molecule has 0 bridgehead atoms. The molecule has 12 nitrogen and oxygen atoms in total. The van der Waals surface area contributed by atoms with Crippen molar-refractivity contribution in [3.63, 3.8) is 0 Å². The van der Waals surface area contributed by atoms with Gasteiger partial charge >= 0.3 is 0 Å². The number of nitrogens with zero attached hydrogens (tertiary/aromatic N) is 2. The minimum atomic E-state index is -2.67. The number of likely N-dealkylation sites (N-methyl/N-ethyl adjacent to an activating group) is 1. The van der Waals surface area contributed by atoms with E-state index in [0.717, 1.165) is 18.8 Å². The number of furan rings is 1. The highest BCUT2D eigenvalue weighted by Gasteiger charge is 2.64. The Hall–Kier alpha value is -3.97. The molecule has 1 saturated heterocycles. The van der Waals surface area contributed by atoms with Gasteiger partial charge in [-0.25, -0.2) is 0 Å². The number of Topliss-reactive ketones (excluding diaryl/α,β-unsaturated/α-hetero) is 2. The zero-order valence-electron chi connectivity index (χ0n) is 23.3. The second-order valence-corrected chi connectivity index (χ2v) is 11.6. The lowest BCUT2D eigenvalue weighted by Crippen LogP contribution is -2.65. The Morgan fingerprint density at radius 1 is 1.12 bits per heavy atom. The number of phenols is 1. The van der Waals surface area contributed by atoms with Gasteiger partial charge in [0.1, 0.15) is 34.4 Å². The number of carbonyl (C=O) groups excluding carboxylic acids is 3. The Morgan fingerprint density at radius 3 is 2.50 bits per heavy atom. The van der Waals surface area contributed by atoms with Crippen molar-refractivity contribution < 1.29 is 44.0 Å². The first-order valence-electron chi connectivity index (χ1n) is 13.8. The van der Waals surface area contributed by atoms with Crippen molar-refractivity contribution in [2.24, 2.45) is 17.6 Å². The maximum Gasteiger partial charge on any atom is 0.255 e. The molecule has 1 aromatic heterocycles. The SMILES string of the molecule is CN(C)[C@H]1C(=O)C(C(N)=O)=C(O)[C@]2(O)C(=O)C3=C(O)c4c(O)ccc(-c5ccc(CN6CCOCC6)o5)c4C[C@H]3C[C@@H]12. The molecule has 42 heavy (non-hydrogen) atoms. The first kappa shape index (κ1) is 28.2. The van der Waals surface area contributed by atoms with Gasteiger partial charge in [0, 0.05) is 30.1 Å². The summed E-state index contributed by atoms with van der Waals surface area (Å²) in [6.07, 6.45) is 0.194. The lowest BCUT2D eigenvalue weighted by Gasteiger charge is -2.50. The molecule has 1 aromatic carbocycles. The maximum absolute atomic E-state index is 14.0. The van der Waals surface area contributed by atoms with Crippen molar-refractivity contribution in [1.82, 2.24) is 9.80 Å². The number of benzene rings is 1. The van der Waals surface area contributed by atoms with E-state index in [4.69, 9.17) is 14.9 Å². The highest BCUT2D eigenvalue weighted by molar-refractivity contribution is 6.24. The van der Waals surface area contributed by atoms with Crippen LogP contribution < -0.4 is 5.73 Å². The Labute approximate surface area is 241 Å². The fourth-order valence-electron chi connectivity index (χ4n) is 7.06. The van der Waals surface area contributed by atoms with Crippen LogP contribution in [-0.4, -0.2) is 99.7 Å². The molecule has 1 aliphatic heterocycles. The summed E-state index contributed by atoms with van der Waals surface area (Å²) in [5.41, 5.74) is 2.86. The second kappa shape index (κ2) is 10.1. The van der Waals surface area contributed by atoms with E-state index in [1.807, 2.05) is 12.1 Å². The standard InChI is InChI=1S/C30H33N3O9/c1-32(2)24-18-12-14-11-17-16(20-6-3-15(42-20)13-33-7-9-41-10-8-33)4-5-19(34)22(17)25(35)21(14)27(37)30(18,40)28(38)23(26(24)36)29(31)39/h3-6,14,18,24,34-35,38,40H,7-13H2,1-2H3,(H2,31,39)/t14-,18-,24+,30+/m0/s1. The van der Waals surface area contributed by atoms with Crippen molar-refractivity contribution in [2.45, 2.75) is 31.0 Å². The highest BCUT2D eigenvalue weighted by atomic mass is 16.5. The molecule has 2 fully saturated rings. The van der Waals surface area contributed by atoms with Gasteiger partial charge in [-0.2, -0.15) is 0 Å². The van der Waals surface area contributed by atoms with Crippen LogP contribution in [0.4, 0.5) is 0 Å². The maximum atomic E-state index is 14.0. The summed E-state index contributed by atoms with van der Waals surface area (Å²) in [7, 11) is 3.13. The average molecular weight is 580 g/mol. The number of aliphatic hydroxyl groups excluding tert-OH is 2. The molecule has 0 radical (unpaired) electrons. The van der Waals surface area contributed by atoms with E-state index in [1.165, 1.54) is 11.0 Å². The molecule has 4 aliphatic rings. The number of nitrogens with two attached hydrogens (primary N) is 1. The minimum absolute atomic E-state index is 0.0152. The number of amides is 1. The van der Waals surface area contributed by atoms with Crippen LogP contribution in [0.15, 0.2) is 45.6 Å². The van der Waals surface area contributed by atoms with E-state index in [2.05, 4.69) is 4.90 Å². The van der Waals surface area contributed by atoms with Gasteiger partial charge in [0.15, 0.2) is 11.4 Å². The molecule has 1 amide bonds. The molecular weight excluding hydrogens is 546 g/mol. The molecule has 4 atom stereocenters. The number of rotatable bonds is 5. The summed E-state index contributed by atoms with van der Waals surface area (Å²) in [6, 6.07) is 5.63. The van der Waals surface area contributed by atoms with Crippen LogP contribution in [0.25, 0.3) is 17.1 Å². The Kier molecular flexibility index (Phi) is 6.76. The Bertz CT molecular complexity index is 1570. The molecule has 1 saturated carbocycles. The van der Waals surface area contributed by atoms with E-state index in [9.17, 15) is 34.8 Å². The predicted molar refractivity (Wildman–Crippen MR) is 148 cm³/mol. The average Bonchev–Trinajstić information content (AvgIpc) is 3.39. The number of hydrogen-bond donors (Lipinski definition) is 5. The van der Waals surface area contributed by atoms with Gasteiger partial charge in [-0.1, -0.05) is 0 Å².